The predicted molar refractivity (Wildman–Crippen MR) is 87.2 cm³/mol. The first-order valence-electron chi connectivity index (χ1n) is 7.50. The van der Waals surface area contributed by atoms with Crippen LogP contribution >= 0.6 is 11.3 Å². The van der Waals surface area contributed by atoms with Gasteiger partial charge in [0.2, 0.25) is 0 Å². The molecule has 0 saturated heterocycles. The Labute approximate surface area is 132 Å². The molecule has 4 rings (SSSR count). The molecule has 0 fully saturated rings. The van der Waals surface area contributed by atoms with E-state index in [1.54, 1.807) is 15.7 Å². The maximum Gasteiger partial charge on any atom is 0.177 e. The second kappa shape index (κ2) is 5.66. The van der Waals surface area contributed by atoms with E-state index in [-0.39, 0.29) is 0 Å². The highest BCUT2D eigenvalue weighted by Crippen LogP contribution is 2.25. The topological polar surface area (TPSA) is 58.4 Å². The quantitative estimate of drug-likeness (QED) is 0.798. The third kappa shape index (κ3) is 2.57. The van der Waals surface area contributed by atoms with Gasteiger partial charge in [0, 0.05) is 30.6 Å². The molecule has 0 amide bonds. The zero-order chi connectivity index (χ0) is 14.9. The number of nitrogens with one attached hydrogen (secondary N) is 1. The summed E-state index contributed by atoms with van der Waals surface area (Å²) in [6.07, 6.45) is 2.79. The van der Waals surface area contributed by atoms with E-state index in [4.69, 9.17) is 0 Å². The first-order chi connectivity index (χ1) is 10.8. The number of rotatable bonds is 4. The summed E-state index contributed by atoms with van der Waals surface area (Å²) >= 11 is 1.88. The van der Waals surface area contributed by atoms with Crippen LogP contribution in [0.25, 0.3) is 5.65 Å². The van der Waals surface area contributed by atoms with Gasteiger partial charge in [-0.3, -0.25) is 4.90 Å². The molecule has 1 aliphatic heterocycles. The molecule has 22 heavy (non-hydrogen) atoms. The molecular formula is C15H18N6S. The molecule has 0 aliphatic carbocycles. The van der Waals surface area contributed by atoms with Gasteiger partial charge in [-0.15, -0.1) is 26.6 Å². The second-order valence-corrected chi connectivity index (χ2v) is 6.67. The average molecular weight is 314 g/mol. The summed E-state index contributed by atoms with van der Waals surface area (Å²) in [4.78, 5) is 4.08. The number of fused-ring (bicyclic) bond motifs is 2. The fourth-order valence-electron chi connectivity index (χ4n) is 2.85. The van der Waals surface area contributed by atoms with Crippen molar-refractivity contribution in [2.45, 2.75) is 25.9 Å². The minimum absolute atomic E-state index is 0.464. The third-order valence-corrected chi connectivity index (χ3v) is 5.22. The summed E-state index contributed by atoms with van der Waals surface area (Å²) in [6, 6.07) is 6.59. The molecule has 0 aromatic carbocycles. The van der Waals surface area contributed by atoms with Crippen molar-refractivity contribution in [2.24, 2.45) is 0 Å². The molecule has 0 spiro atoms. The molecule has 3 aromatic heterocycles. The van der Waals surface area contributed by atoms with Crippen LogP contribution in [-0.4, -0.2) is 43.8 Å². The molecule has 7 heteroatoms. The predicted octanol–water partition coefficient (Wildman–Crippen LogP) is 2.04. The Hall–Kier alpha value is -1.99. The fourth-order valence-corrected chi connectivity index (χ4v) is 3.74. The van der Waals surface area contributed by atoms with Crippen LogP contribution < -0.4 is 5.32 Å². The fraction of sp³-hybridized carbons (Fsp3) is 0.400. The van der Waals surface area contributed by atoms with Crippen LogP contribution in [0, 0.1) is 0 Å². The lowest BCUT2D eigenvalue weighted by atomic mass is 10.1. The molecule has 0 radical (unpaired) electrons. The summed E-state index contributed by atoms with van der Waals surface area (Å²) in [5.41, 5.74) is 2.26. The molecular weight excluding hydrogens is 296 g/mol. The van der Waals surface area contributed by atoms with E-state index in [0.717, 1.165) is 31.1 Å². The number of aromatic nitrogens is 4. The Balaban J connectivity index is 1.39. The summed E-state index contributed by atoms with van der Waals surface area (Å²) in [5, 5.41) is 17.9. The van der Waals surface area contributed by atoms with Crippen molar-refractivity contribution >= 4 is 22.8 Å². The number of thiophene rings is 1. The van der Waals surface area contributed by atoms with Crippen molar-refractivity contribution in [3.63, 3.8) is 0 Å². The van der Waals surface area contributed by atoms with Gasteiger partial charge in [-0.25, -0.2) is 0 Å². The summed E-state index contributed by atoms with van der Waals surface area (Å²) in [6.45, 7) is 5.33. The highest BCUT2D eigenvalue weighted by Gasteiger charge is 2.21. The monoisotopic (exact) mass is 314 g/mol. The van der Waals surface area contributed by atoms with Crippen LogP contribution in [0.1, 0.15) is 17.4 Å². The minimum Gasteiger partial charge on any atom is -0.367 e. The maximum absolute atomic E-state index is 4.44. The van der Waals surface area contributed by atoms with Gasteiger partial charge in [0.15, 0.2) is 5.65 Å². The standard InChI is InChI=1S/C15H18N6S/c1-11(20-6-4-13-12(9-20)5-7-22-13)8-16-14-2-3-15-18-17-10-21(15)19-14/h2-3,5,7,10-11H,4,6,8-9H2,1H3,(H,16,19)/t11-/m0/s1. The first kappa shape index (κ1) is 13.7. The molecule has 1 atom stereocenters. The summed E-state index contributed by atoms with van der Waals surface area (Å²) in [5.74, 6) is 0.854. The van der Waals surface area contributed by atoms with Crippen molar-refractivity contribution < 1.29 is 0 Å². The van der Waals surface area contributed by atoms with Gasteiger partial charge in [-0.1, -0.05) is 0 Å². The van der Waals surface area contributed by atoms with Crippen LogP contribution in [0.2, 0.25) is 0 Å². The molecule has 0 unspecified atom stereocenters. The Morgan fingerprint density at radius 1 is 1.36 bits per heavy atom. The molecule has 1 aliphatic rings. The SMILES string of the molecule is C[C@@H](CNc1ccc2nncn2n1)N1CCc2sccc2C1. The van der Waals surface area contributed by atoms with Crippen LogP contribution in [0.5, 0.6) is 0 Å². The van der Waals surface area contributed by atoms with E-state index < -0.39 is 0 Å². The maximum atomic E-state index is 4.44. The molecule has 114 valence electrons. The van der Waals surface area contributed by atoms with Crippen molar-refractivity contribution in [1.82, 2.24) is 24.7 Å². The van der Waals surface area contributed by atoms with Crippen molar-refractivity contribution in [3.8, 4) is 0 Å². The molecule has 6 nitrogen and oxygen atoms in total. The Morgan fingerprint density at radius 2 is 2.32 bits per heavy atom. The molecule has 0 saturated carbocycles. The lowest BCUT2D eigenvalue weighted by Crippen LogP contribution is -2.40. The van der Waals surface area contributed by atoms with Crippen molar-refractivity contribution in [3.05, 3.63) is 40.3 Å². The van der Waals surface area contributed by atoms with Gasteiger partial charge >= 0.3 is 0 Å². The van der Waals surface area contributed by atoms with E-state index in [2.05, 4.69) is 43.9 Å². The number of hydrogen-bond acceptors (Lipinski definition) is 6. The summed E-state index contributed by atoms with van der Waals surface area (Å²) < 4.78 is 1.69. The number of hydrogen-bond donors (Lipinski definition) is 1. The molecule has 3 aromatic rings. The third-order valence-electron chi connectivity index (χ3n) is 4.20. The van der Waals surface area contributed by atoms with Crippen molar-refractivity contribution in [2.75, 3.05) is 18.4 Å². The lowest BCUT2D eigenvalue weighted by Gasteiger charge is -2.32. The van der Waals surface area contributed by atoms with E-state index in [9.17, 15) is 0 Å². The highest BCUT2D eigenvalue weighted by atomic mass is 32.1. The number of anilines is 1. The van der Waals surface area contributed by atoms with Crippen LogP contribution in [0.15, 0.2) is 29.9 Å². The van der Waals surface area contributed by atoms with E-state index in [1.165, 1.54) is 12.0 Å². The van der Waals surface area contributed by atoms with E-state index >= 15 is 0 Å². The zero-order valence-electron chi connectivity index (χ0n) is 12.4. The second-order valence-electron chi connectivity index (χ2n) is 5.67. The van der Waals surface area contributed by atoms with Crippen LogP contribution in [0.3, 0.4) is 0 Å². The first-order valence-corrected chi connectivity index (χ1v) is 8.38. The normalized spacial score (nSPS) is 16.6. The van der Waals surface area contributed by atoms with Gasteiger partial charge in [-0.05, 0) is 42.5 Å². The van der Waals surface area contributed by atoms with Gasteiger partial charge in [0.1, 0.15) is 12.1 Å². The van der Waals surface area contributed by atoms with E-state index in [0.29, 0.717) is 6.04 Å². The number of nitrogens with zero attached hydrogens (tertiary/aromatic N) is 5. The smallest absolute Gasteiger partial charge is 0.177 e. The highest BCUT2D eigenvalue weighted by molar-refractivity contribution is 7.10. The average Bonchev–Trinajstić information content (AvgIpc) is 3.19. The Bertz CT molecular complexity index is 779. The van der Waals surface area contributed by atoms with Gasteiger partial charge in [0.25, 0.3) is 0 Å². The largest absolute Gasteiger partial charge is 0.367 e. The summed E-state index contributed by atoms with van der Waals surface area (Å²) in [7, 11) is 0. The molecule has 0 bridgehead atoms. The zero-order valence-corrected chi connectivity index (χ0v) is 13.3. The minimum atomic E-state index is 0.464. The Kier molecular flexibility index (Phi) is 3.51. The van der Waals surface area contributed by atoms with E-state index in [1.807, 2.05) is 23.5 Å². The van der Waals surface area contributed by atoms with Gasteiger partial charge in [-0.2, -0.15) is 4.52 Å². The van der Waals surface area contributed by atoms with Crippen molar-refractivity contribution in [1.29, 1.82) is 0 Å². The lowest BCUT2D eigenvalue weighted by molar-refractivity contribution is 0.200. The van der Waals surface area contributed by atoms with Gasteiger partial charge < -0.3 is 5.32 Å². The molecule has 1 N–H and O–H groups in total. The van der Waals surface area contributed by atoms with Crippen LogP contribution in [0.4, 0.5) is 5.82 Å². The molecule has 4 heterocycles. The van der Waals surface area contributed by atoms with Crippen LogP contribution in [-0.2, 0) is 13.0 Å². The Morgan fingerprint density at radius 3 is 3.27 bits per heavy atom. The van der Waals surface area contributed by atoms with Gasteiger partial charge in [0.05, 0.1) is 0 Å².